The lowest BCUT2D eigenvalue weighted by atomic mass is 9.95. The first-order chi connectivity index (χ1) is 16.9. The predicted molar refractivity (Wildman–Crippen MR) is 133 cm³/mol. The van der Waals surface area contributed by atoms with E-state index in [4.69, 9.17) is 16.3 Å². The average Bonchev–Trinajstić information content (AvgIpc) is 3.38. The first-order valence-electron chi connectivity index (χ1n) is 10.7. The Morgan fingerprint density at radius 1 is 1.11 bits per heavy atom. The van der Waals surface area contributed by atoms with Crippen molar-refractivity contribution < 1.29 is 23.8 Å². The normalized spacial score (nSPS) is 17.3. The number of aliphatic hydroxyl groups excluding tert-OH is 1. The van der Waals surface area contributed by atoms with Crippen molar-refractivity contribution in [3.05, 3.63) is 94.3 Å². The van der Waals surface area contributed by atoms with Gasteiger partial charge in [0.15, 0.2) is 5.13 Å². The first kappa shape index (κ1) is 23.0. The Morgan fingerprint density at radius 3 is 2.51 bits per heavy atom. The maximum absolute atomic E-state index is 13.5. The highest BCUT2D eigenvalue weighted by atomic mass is 35.5. The quantitative estimate of drug-likeness (QED) is 0.200. The van der Waals surface area contributed by atoms with Crippen molar-refractivity contribution in [1.82, 2.24) is 4.98 Å². The van der Waals surface area contributed by atoms with E-state index >= 15 is 0 Å². The van der Waals surface area contributed by atoms with E-state index in [-0.39, 0.29) is 11.1 Å². The van der Waals surface area contributed by atoms with Gasteiger partial charge >= 0.3 is 5.91 Å². The van der Waals surface area contributed by atoms with Crippen LogP contribution in [0.3, 0.4) is 0 Å². The van der Waals surface area contributed by atoms with Gasteiger partial charge in [-0.1, -0.05) is 35.1 Å². The van der Waals surface area contributed by atoms with Gasteiger partial charge < -0.3 is 9.84 Å². The van der Waals surface area contributed by atoms with Gasteiger partial charge in [-0.3, -0.25) is 14.5 Å². The fraction of sp³-hybridized carbons (Fsp3) is 0.115. The van der Waals surface area contributed by atoms with Crippen LogP contribution in [0.4, 0.5) is 9.52 Å². The number of amides is 1. The minimum atomic E-state index is -0.954. The van der Waals surface area contributed by atoms with Crippen LogP contribution >= 0.6 is 22.9 Å². The number of nitrogens with zero attached hydrogens (tertiary/aromatic N) is 2. The molecule has 3 aromatic carbocycles. The summed E-state index contributed by atoms with van der Waals surface area (Å²) < 4.78 is 19.8. The van der Waals surface area contributed by atoms with E-state index in [2.05, 4.69) is 4.98 Å². The van der Waals surface area contributed by atoms with Crippen LogP contribution in [-0.2, 0) is 9.59 Å². The molecule has 1 atom stereocenters. The number of ether oxygens (including phenoxy) is 1. The highest BCUT2D eigenvalue weighted by molar-refractivity contribution is 7.22. The van der Waals surface area contributed by atoms with E-state index in [1.54, 1.807) is 36.4 Å². The van der Waals surface area contributed by atoms with Crippen molar-refractivity contribution in [2.75, 3.05) is 11.5 Å². The van der Waals surface area contributed by atoms with E-state index in [1.807, 2.05) is 13.0 Å². The van der Waals surface area contributed by atoms with Gasteiger partial charge in [0, 0.05) is 10.6 Å². The molecule has 0 bridgehead atoms. The van der Waals surface area contributed by atoms with Crippen molar-refractivity contribution in [2.45, 2.75) is 13.0 Å². The summed E-state index contributed by atoms with van der Waals surface area (Å²) in [6, 6.07) is 16.1. The SMILES string of the molecule is CCOc1ccc2nc(N3C(=O)C(=O)/C(=C(/O)c4ccc(F)cc4)C3c3ccc(Cl)cc3)sc2c1. The van der Waals surface area contributed by atoms with Crippen molar-refractivity contribution in [2.24, 2.45) is 0 Å². The Morgan fingerprint density at radius 2 is 1.83 bits per heavy atom. The van der Waals surface area contributed by atoms with Gasteiger partial charge in [0.1, 0.15) is 17.3 Å². The van der Waals surface area contributed by atoms with Crippen LogP contribution in [0.5, 0.6) is 5.75 Å². The standard InChI is InChI=1S/C26H18ClFN2O4S/c1-2-34-18-11-12-19-20(13-18)35-26(29-19)30-22(14-3-7-16(27)8-4-14)21(24(32)25(30)33)23(31)15-5-9-17(28)10-6-15/h3-13,22,31H,2H2,1H3/b23-21+. The number of hydrogen-bond acceptors (Lipinski definition) is 6. The molecule has 176 valence electrons. The molecule has 6 nitrogen and oxygen atoms in total. The van der Waals surface area contributed by atoms with Crippen molar-refractivity contribution in [1.29, 1.82) is 0 Å². The molecule has 1 aromatic heterocycles. The van der Waals surface area contributed by atoms with Crippen molar-refractivity contribution in [3.63, 3.8) is 0 Å². The van der Waals surface area contributed by atoms with Gasteiger partial charge in [-0.15, -0.1) is 0 Å². The summed E-state index contributed by atoms with van der Waals surface area (Å²) in [7, 11) is 0. The minimum Gasteiger partial charge on any atom is -0.507 e. The zero-order valence-corrected chi connectivity index (χ0v) is 19.9. The highest BCUT2D eigenvalue weighted by Gasteiger charge is 2.48. The molecule has 1 saturated heterocycles. The van der Waals surface area contributed by atoms with Crippen molar-refractivity contribution >= 4 is 55.7 Å². The monoisotopic (exact) mass is 508 g/mol. The second-order valence-electron chi connectivity index (χ2n) is 7.79. The summed E-state index contributed by atoms with van der Waals surface area (Å²) in [6.45, 7) is 2.39. The molecule has 1 aliphatic heterocycles. The number of hydrogen-bond donors (Lipinski definition) is 1. The van der Waals surface area contributed by atoms with Crippen molar-refractivity contribution in [3.8, 4) is 5.75 Å². The predicted octanol–water partition coefficient (Wildman–Crippen LogP) is 6.11. The van der Waals surface area contributed by atoms with Crippen LogP contribution in [0.25, 0.3) is 16.0 Å². The summed E-state index contributed by atoms with van der Waals surface area (Å²) in [6.07, 6.45) is 0. The fourth-order valence-electron chi connectivity index (χ4n) is 4.01. The molecule has 0 spiro atoms. The van der Waals surface area contributed by atoms with Gasteiger partial charge in [-0.25, -0.2) is 9.37 Å². The third kappa shape index (κ3) is 4.15. The van der Waals surface area contributed by atoms with E-state index < -0.39 is 29.3 Å². The van der Waals surface area contributed by atoms with Gasteiger partial charge in [0.2, 0.25) is 0 Å². The van der Waals surface area contributed by atoms with E-state index in [0.29, 0.717) is 33.6 Å². The zero-order valence-electron chi connectivity index (χ0n) is 18.4. The molecule has 35 heavy (non-hydrogen) atoms. The largest absolute Gasteiger partial charge is 0.507 e. The lowest BCUT2D eigenvalue weighted by Gasteiger charge is -2.23. The molecule has 1 amide bonds. The van der Waals surface area contributed by atoms with Gasteiger partial charge in [0.25, 0.3) is 5.78 Å². The van der Waals surface area contributed by atoms with Crippen LogP contribution in [0.1, 0.15) is 24.1 Å². The van der Waals surface area contributed by atoms with Crippen LogP contribution in [0, 0.1) is 5.82 Å². The maximum Gasteiger partial charge on any atom is 0.301 e. The topological polar surface area (TPSA) is 79.7 Å². The summed E-state index contributed by atoms with van der Waals surface area (Å²) in [5.74, 6) is -1.90. The van der Waals surface area contributed by atoms with Gasteiger partial charge in [-0.05, 0) is 67.1 Å². The Balaban J connectivity index is 1.69. The number of carbonyl (C=O) groups is 2. The third-order valence-electron chi connectivity index (χ3n) is 5.61. The first-order valence-corrected chi connectivity index (χ1v) is 11.9. The number of halogens is 2. The Kier molecular flexibility index (Phi) is 6.00. The lowest BCUT2D eigenvalue weighted by Crippen LogP contribution is -2.29. The Bertz CT molecular complexity index is 1480. The highest BCUT2D eigenvalue weighted by Crippen LogP contribution is 2.44. The van der Waals surface area contributed by atoms with Crippen LogP contribution in [0.2, 0.25) is 5.02 Å². The minimum absolute atomic E-state index is 0.113. The summed E-state index contributed by atoms with van der Waals surface area (Å²) in [5.41, 5.74) is 1.31. The van der Waals surface area contributed by atoms with Crippen LogP contribution in [-0.4, -0.2) is 28.4 Å². The number of anilines is 1. The number of fused-ring (bicyclic) bond motifs is 1. The number of aliphatic hydroxyl groups is 1. The molecule has 0 radical (unpaired) electrons. The van der Waals surface area contributed by atoms with Gasteiger partial charge in [0.05, 0.1) is 28.4 Å². The Labute approximate surface area is 208 Å². The summed E-state index contributed by atoms with van der Waals surface area (Å²) in [5, 5.41) is 11.9. The third-order valence-corrected chi connectivity index (χ3v) is 6.88. The molecule has 1 N–H and O–H groups in total. The molecule has 0 saturated carbocycles. The second kappa shape index (κ2) is 9.13. The molecular formula is C26H18ClFN2O4S. The molecule has 1 fully saturated rings. The average molecular weight is 509 g/mol. The fourth-order valence-corrected chi connectivity index (χ4v) is 5.15. The smallest absolute Gasteiger partial charge is 0.301 e. The summed E-state index contributed by atoms with van der Waals surface area (Å²) >= 11 is 7.30. The number of Topliss-reactive ketones (excluding diaryl/α,β-unsaturated/α-hetero) is 1. The molecule has 0 aliphatic carbocycles. The number of carbonyl (C=O) groups excluding carboxylic acids is 2. The molecular weight excluding hydrogens is 491 g/mol. The van der Waals surface area contributed by atoms with Gasteiger partial charge in [-0.2, -0.15) is 0 Å². The lowest BCUT2D eigenvalue weighted by molar-refractivity contribution is -0.132. The van der Waals surface area contributed by atoms with Crippen LogP contribution in [0.15, 0.2) is 72.3 Å². The van der Waals surface area contributed by atoms with E-state index in [0.717, 1.165) is 4.70 Å². The molecule has 5 rings (SSSR count). The second-order valence-corrected chi connectivity index (χ2v) is 9.23. The number of benzene rings is 3. The number of thiazole rings is 1. The molecule has 9 heteroatoms. The number of rotatable bonds is 5. The van der Waals surface area contributed by atoms with Crippen LogP contribution < -0.4 is 9.64 Å². The molecule has 1 aliphatic rings. The number of aromatic nitrogens is 1. The van der Waals surface area contributed by atoms with E-state index in [1.165, 1.54) is 40.5 Å². The zero-order chi connectivity index (χ0) is 24.7. The number of ketones is 1. The van der Waals surface area contributed by atoms with E-state index in [9.17, 15) is 19.1 Å². The maximum atomic E-state index is 13.5. The Hall–Kier alpha value is -3.75. The molecule has 1 unspecified atom stereocenters. The molecule has 4 aromatic rings. The summed E-state index contributed by atoms with van der Waals surface area (Å²) in [4.78, 5) is 32.4. The molecule has 2 heterocycles.